The third-order valence-corrected chi connectivity index (χ3v) is 8.25. The molecule has 1 aliphatic heterocycles. The second-order valence-electron chi connectivity index (χ2n) is 9.62. The largest absolute Gasteiger partial charge is 0.385 e. The molecule has 28 heavy (non-hydrogen) atoms. The van der Waals surface area contributed by atoms with E-state index in [1.54, 1.807) is 0 Å². The topological polar surface area (TPSA) is 69.6 Å². The van der Waals surface area contributed by atoms with Crippen LogP contribution >= 0.6 is 0 Å². The smallest absolute Gasteiger partial charge is 0.279 e. The van der Waals surface area contributed by atoms with E-state index < -0.39 is 15.8 Å². The number of rotatable bonds is 6. The number of benzene rings is 1. The number of nitrogens with one attached hydrogen (secondary N) is 1. The minimum Gasteiger partial charge on any atom is -0.385 e. The molecule has 2 fully saturated rings. The average molecular weight is 409 g/mol. The van der Waals surface area contributed by atoms with Gasteiger partial charge in [0.25, 0.3) is 10.2 Å². The highest BCUT2D eigenvalue weighted by Gasteiger charge is 2.38. The molecule has 3 rings (SSSR count). The summed E-state index contributed by atoms with van der Waals surface area (Å²) in [7, 11) is -3.34. The first-order valence-electron chi connectivity index (χ1n) is 10.7. The van der Waals surface area contributed by atoms with E-state index in [1.165, 1.54) is 4.31 Å². The molecule has 1 aromatic carbocycles. The molecule has 2 N–H and O–H groups in total. The zero-order chi connectivity index (χ0) is 20.4. The molecular weight excluding hydrogens is 372 g/mol. The van der Waals surface area contributed by atoms with Crippen LogP contribution < -0.4 is 4.72 Å². The van der Waals surface area contributed by atoms with Gasteiger partial charge in [0.2, 0.25) is 0 Å². The van der Waals surface area contributed by atoms with Gasteiger partial charge in [-0.2, -0.15) is 12.7 Å². The molecule has 0 aromatic heterocycles. The van der Waals surface area contributed by atoms with Crippen molar-refractivity contribution in [3.8, 4) is 0 Å². The summed E-state index contributed by atoms with van der Waals surface area (Å²) in [5, 5.41) is 11.1. The van der Waals surface area contributed by atoms with Crippen LogP contribution in [0.15, 0.2) is 24.3 Å². The minimum absolute atomic E-state index is 0.299. The predicted molar refractivity (Wildman–Crippen MR) is 113 cm³/mol. The van der Waals surface area contributed by atoms with Crippen molar-refractivity contribution in [3.05, 3.63) is 35.4 Å². The molecule has 1 heterocycles. The van der Waals surface area contributed by atoms with Crippen molar-refractivity contribution in [3.63, 3.8) is 0 Å². The van der Waals surface area contributed by atoms with Gasteiger partial charge in [-0.15, -0.1) is 0 Å². The fraction of sp³-hybridized carbons (Fsp3) is 0.727. The standard InChI is InChI=1S/C22H36N2O3S/c1-21(2,3)19-10-13-22(25,14-11-19)20-8-6-18(7-9-20)12-15-23-28(26,27)24-16-4-5-17-24/h6-9,19,23,25H,4-5,10-17H2,1-3H3. The van der Waals surface area contributed by atoms with Crippen molar-refractivity contribution in [2.24, 2.45) is 11.3 Å². The molecule has 1 saturated carbocycles. The number of nitrogens with zero attached hydrogens (tertiary/aromatic N) is 1. The van der Waals surface area contributed by atoms with Crippen LogP contribution in [0.5, 0.6) is 0 Å². The van der Waals surface area contributed by atoms with Gasteiger partial charge in [0.1, 0.15) is 0 Å². The maximum Gasteiger partial charge on any atom is 0.279 e. The first kappa shape index (κ1) is 21.8. The number of aliphatic hydroxyl groups is 1. The summed E-state index contributed by atoms with van der Waals surface area (Å²) in [6.07, 6.45) is 6.27. The van der Waals surface area contributed by atoms with Crippen molar-refractivity contribution in [1.29, 1.82) is 0 Å². The summed E-state index contributed by atoms with van der Waals surface area (Å²) < 4.78 is 28.6. The fourth-order valence-corrected chi connectivity index (χ4v) is 5.86. The Morgan fingerprint density at radius 1 is 1.11 bits per heavy atom. The van der Waals surface area contributed by atoms with Crippen LogP contribution in [0.1, 0.15) is 70.4 Å². The molecule has 1 saturated heterocycles. The van der Waals surface area contributed by atoms with Gasteiger partial charge in [-0.1, -0.05) is 45.0 Å². The molecule has 0 bridgehead atoms. The van der Waals surface area contributed by atoms with E-state index in [2.05, 4.69) is 25.5 Å². The van der Waals surface area contributed by atoms with E-state index in [-0.39, 0.29) is 0 Å². The highest BCUT2D eigenvalue weighted by atomic mass is 32.2. The summed E-state index contributed by atoms with van der Waals surface area (Å²) >= 11 is 0. The molecular formula is C22H36N2O3S. The molecule has 158 valence electrons. The predicted octanol–water partition coefficient (Wildman–Crippen LogP) is 3.58. The Morgan fingerprint density at radius 3 is 2.21 bits per heavy atom. The second kappa shape index (κ2) is 8.42. The van der Waals surface area contributed by atoms with Crippen LogP contribution in [0.2, 0.25) is 0 Å². The first-order valence-corrected chi connectivity index (χ1v) is 12.1. The van der Waals surface area contributed by atoms with E-state index in [0.29, 0.717) is 37.4 Å². The van der Waals surface area contributed by atoms with Gasteiger partial charge in [-0.25, -0.2) is 4.72 Å². The molecule has 5 nitrogen and oxygen atoms in total. The lowest BCUT2D eigenvalue weighted by atomic mass is 9.67. The Balaban J connectivity index is 1.52. The molecule has 2 aliphatic rings. The van der Waals surface area contributed by atoms with E-state index in [9.17, 15) is 13.5 Å². The highest BCUT2D eigenvalue weighted by Crippen LogP contribution is 2.45. The molecule has 1 aliphatic carbocycles. The van der Waals surface area contributed by atoms with Gasteiger partial charge in [-0.3, -0.25) is 0 Å². The van der Waals surface area contributed by atoms with Crippen LogP contribution in [0, 0.1) is 11.3 Å². The molecule has 0 radical (unpaired) electrons. The normalized spacial score (nSPS) is 27.2. The van der Waals surface area contributed by atoms with Gasteiger partial charge in [0, 0.05) is 19.6 Å². The van der Waals surface area contributed by atoms with Crippen LogP contribution in [0.3, 0.4) is 0 Å². The zero-order valence-electron chi connectivity index (χ0n) is 17.6. The van der Waals surface area contributed by atoms with Gasteiger partial charge >= 0.3 is 0 Å². The van der Waals surface area contributed by atoms with E-state index in [0.717, 1.165) is 49.7 Å². The lowest BCUT2D eigenvalue weighted by Gasteiger charge is -2.41. The van der Waals surface area contributed by atoms with Crippen LogP contribution in [-0.2, 0) is 22.2 Å². The van der Waals surface area contributed by atoms with Gasteiger partial charge in [0.05, 0.1) is 5.60 Å². The molecule has 6 heteroatoms. The van der Waals surface area contributed by atoms with Gasteiger partial charge in [-0.05, 0) is 67.4 Å². The van der Waals surface area contributed by atoms with Crippen LogP contribution in [-0.4, -0.2) is 37.5 Å². The Kier molecular flexibility index (Phi) is 6.54. The Morgan fingerprint density at radius 2 is 1.68 bits per heavy atom. The minimum atomic E-state index is -3.34. The van der Waals surface area contributed by atoms with Crippen molar-refractivity contribution in [2.75, 3.05) is 19.6 Å². The molecule has 0 spiro atoms. The van der Waals surface area contributed by atoms with Crippen molar-refractivity contribution < 1.29 is 13.5 Å². The van der Waals surface area contributed by atoms with Crippen LogP contribution in [0.4, 0.5) is 0 Å². The SMILES string of the molecule is CC(C)(C)C1CCC(O)(c2ccc(CCNS(=O)(=O)N3CCCC3)cc2)CC1. The average Bonchev–Trinajstić information content (AvgIpc) is 3.17. The summed E-state index contributed by atoms with van der Waals surface area (Å²) in [5.74, 6) is 0.663. The quantitative estimate of drug-likeness (QED) is 0.756. The summed E-state index contributed by atoms with van der Waals surface area (Å²) in [4.78, 5) is 0. The molecule has 0 atom stereocenters. The third kappa shape index (κ3) is 5.15. The maximum atomic E-state index is 12.2. The summed E-state index contributed by atoms with van der Waals surface area (Å²) in [6, 6.07) is 8.07. The molecule has 0 unspecified atom stereocenters. The first-order chi connectivity index (χ1) is 13.1. The zero-order valence-corrected chi connectivity index (χ0v) is 18.4. The lowest BCUT2D eigenvalue weighted by molar-refractivity contribution is -0.0298. The fourth-order valence-electron chi connectivity index (χ4n) is 4.58. The van der Waals surface area contributed by atoms with E-state index >= 15 is 0 Å². The van der Waals surface area contributed by atoms with E-state index in [1.807, 2.05) is 24.3 Å². The maximum absolute atomic E-state index is 12.2. The Hall–Kier alpha value is -0.950. The van der Waals surface area contributed by atoms with Crippen molar-refractivity contribution >= 4 is 10.2 Å². The molecule has 0 amide bonds. The monoisotopic (exact) mass is 408 g/mol. The van der Waals surface area contributed by atoms with Gasteiger partial charge < -0.3 is 5.11 Å². The van der Waals surface area contributed by atoms with Crippen LogP contribution in [0.25, 0.3) is 0 Å². The lowest BCUT2D eigenvalue weighted by Crippen LogP contribution is -2.39. The third-order valence-electron chi connectivity index (χ3n) is 6.63. The number of hydrogen-bond acceptors (Lipinski definition) is 3. The second-order valence-corrected chi connectivity index (χ2v) is 11.4. The summed E-state index contributed by atoms with van der Waals surface area (Å²) in [6.45, 7) is 8.51. The van der Waals surface area contributed by atoms with E-state index in [4.69, 9.17) is 0 Å². The Bertz CT molecular complexity index is 739. The Labute approximate surface area is 170 Å². The van der Waals surface area contributed by atoms with Crippen molar-refractivity contribution in [2.45, 2.75) is 71.3 Å². The number of hydrogen-bond donors (Lipinski definition) is 2. The molecule has 1 aromatic rings. The summed E-state index contributed by atoms with van der Waals surface area (Å²) in [5.41, 5.74) is 1.65. The van der Waals surface area contributed by atoms with Crippen molar-refractivity contribution in [1.82, 2.24) is 9.03 Å². The highest BCUT2D eigenvalue weighted by molar-refractivity contribution is 7.87. The van der Waals surface area contributed by atoms with Gasteiger partial charge in [0.15, 0.2) is 0 Å².